The Labute approximate surface area is 226 Å². The Kier molecular flexibility index (Phi) is 7.67. The van der Waals surface area contributed by atoms with E-state index in [1.165, 1.54) is 18.3 Å². The molecule has 1 aliphatic rings. The number of fused-ring (bicyclic) bond motifs is 1. The number of piperazine rings is 1. The first kappa shape index (κ1) is 26.1. The summed E-state index contributed by atoms with van der Waals surface area (Å²) in [6, 6.07) is 16.8. The zero-order valence-electron chi connectivity index (χ0n) is 21.7. The number of benzene rings is 2. The van der Waals surface area contributed by atoms with Gasteiger partial charge in [0.25, 0.3) is 0 Å². The second kappa shape index (κ2) is 11.5. The summed E-state index contributed by atoms with van der Waals surface area (Å²) in [4.78, 5) is 37.9. The Morgan fingerprint density at radius 1 is 1.08 bits per heavy atom. The molecular formula is C29H31N7O3. The topological polar surface area (TPSA) is 116 Å². The van der Waals surface area contributed by atoms with Gasteiger partial charge >= 0.3 is 0 Å². The number of carbonyl (C=O) groups is 1. The van der Waals surface area contributed by atoms with Crippen molar-refractivity contribution < 1.29 is 9.90 Å². The van der Waals surface area contributed by atoms with Crippen molar-refractivity contribution in [2.24, 2.45) is 0 Å². The molecule has 1 aliphatic heterocycles. The predicted molar refractivity (Wildman–Crippen MR) is 154 cm³/mol. The monoisotopic (exact) mass is 525 g/mol. The van der Waals surface area contributed by atoms with E-state index in [1.54, 1.807) is 22.9 Å². The largest absolute Gasteiger partial charge is 0.392 e. The van der Waals surface area contributed by atoms with Crippen LogP contribution in [0.1, 0.15) is 6.92 Å². The lowest BCUT2D eigenvalue weighted by atomic mass is 10.2. The van der Waals surface area contributed by atoms with Gasteiger partial charge in [-0.2, -0.15) is 4.98 Å². The van der Waals surface area contributed by atoms with Gasteiger partial charge in [-0.25, -0.2) is 4.98 Å². The predicted octanol–water partition coefficient (Wildman–Crippen LogP) is 3.15. The third-order valence-corrected chi connectivity index (χ3v) is 6.60. The third-order valence-electron chi connectivity index (χ3n) is 6.60. The maximum absolute atomic E-state index is 12.5. The van der Waals surface area contributed by atoms with E-state index in [0.29, 0.717) is 29.2 Å². The highest BCUT2D eigenvalue weighted by Crippen LogP contribution is 2.23. The van der Waals surface area contributed by atoms with Gasteiger partial charge in [0.1, 0.15) is 0 Å². The van der Waals surface area contributed by atoms with Gasteiger partial charge in [-0.1, -0.05) is 12.6 Å². The van der Waals surface area contributed by atoms with Crippen LogP contribution in [-0.4, -0.2) is 69.3 Å². The highest BCUT2D eigenvalue weighted by atomic mass is 16.3. The molecule has 2 aromatic heterocycles. The normalized spacial score (nSPS) is 14.7. The molecular weight excluding hydrogens is 494 g/mol. The highest BCUT2D eigenvalue weighted by molar-refractivity contribution is 5.99. The minimum atomic E-state index is -0.316. The molecule has 1 atom stereocenters. The smallest absolute Gasteiger partial charge is 0.247 e. The molecule has 2 aromatic carbocycles. The molecule has 4 aromatic rings. The van der Waals surface area contributed by atoms with Crippen molar-refractivity contribution in [3.8, 4) is 5.69 Å². The summed E-state index contributed by atoms with van der Waals surface area (Å²) in [6.07, 6.45) is 4.07. The highest BCUT2D eigenvalue weighted by Gasteiger charge is 2.18. The first-order valence-corrected chi connectivity index (χ1v) is 12.8. The summed E-state index contributed by atoms with van der Waals surface area (Å²) in [6.45, 7) is 9.65. The van der Waals surface area contributed by atoms with Crippen LogP contribution in [0.25, 0.3) is 16.7 Å². The van der Waals surface area contributed by atoms with E-state index in [4.69, 9.17) is 0 Å². The molecule has 200 valence electrons. The van der Waals surface area contributed by atoms with Crippen molar-refractivity contribution in [2.45, 2.75) is 13.0 Å². The number of aromatic nitrogens is 3. The van der Waals surface area contributed by atoms with Crippen LogP contribution in [0.5, 0.6) is 0 Å². The molecule has 0 bridgehead atoms. The van der Waals surface area contributed by atoms with Crippen LogP contribution >= 0.6 is 0 Å². The summed E-state index contributed by atoms with van der Waals surface area (Å²) in [5.74, 6) is 0.0489. The second-order valence-corrected chi connectivity index (χ2v) is 9.53. The van der Waals surface area contributed by atoms with Crippen molar-refractivity contribution in [1.29, 1.82) is 0 Å². The van der Waals surface area contributed by atoms with Crippen molar-refractivity contribution in [2.75, 3.05) is 48.3 Å². The molecule has 5 rings (SSSR count). The quantitative estimate of drug-likeness (QED) is 0.301. The van der Waals surface area contributed by atoms with Gasteiger partial charge in [-0.3, -0.25) is 14.5 Å². The summed E-state index contributed by atoms with van der Waals surface area (Å²) in [5.41, 5.74) is 3.55. The number of amides is 1. The van der Waals surface area contributed by atoms with Crippen LogP contribution in [-0.2, 0) is 4.79 Å². The third kappa shape index (κ3) is 6.14. The van der Waals surface area contributed by atoms with Crippen LogP contribution in [0.15, 0.2) is 84.4 Å². The molecule has 0 unspecified atom stereocenters. The number of rotatable bonds is 8. The van der Waals surface area contributed by atoms with Crippen molar-refractivity contribution in [1.82, 2.24) is 19.4 Å². The van der Waals surface area contributed by atoms with Crippen molar-refractivity contribution >= 4 is 40.0 Å². The Morgan fingerprint density at radius 2 is 1.85 bits per heavy atom. The van der Waals surface area contributed by atoms with Crippen molar-refractivity contribution in [3.63, 3.8) is 0 Å². The maximum Gasteiger partial charge on any atom is 0.247 e. The Balaban J connectivity index is 1.35. The minimum absolute atomic E-state index is 0.179. The van der Waals surface area contributed by atoms with Gasteiger partial charge < -0.3 is 25.2 Å². The number of anilines is 4. The van der Waals surface area contributed by atoms with Gasteiger partial charge in [0, 0.05) is 73.9 Å². The average Bonchev–Trinajstić information content (AvgIpc) is 2.94. The molecule has 1 saturated heterocycles. The van der Waals surface area contributed by atoms with Crippen LogP contribution in [0.4, 0.5) is 23.0 Å². The number of pyridine rings is 1. The fourth-order valence-corrected chi connectivity index (χ4v) is 4.68. The lowest BCUT2D eigenvalue weighted by Gasteiger charge is -2.36. The van der Waals surface area contributed by atoms with E-state index in [9.17, 15) is 14.7 Å². The number of aliphatic hydroxyl groups is 1. The number of nitrogens with zero attached hydrogens (tertiary/aromatic N) is 5. The van der Waals surface area contributed by atoms with E-state index in [-0.39, 0.29) is 17.4 Å². The molecule has 3 N–H and O–H groups in total. The molecule has 39 heavy (non-hydrogen) atoms. The average molecular weight is 526 g/mol. The lowest BCUT2D eigenvalue weighted by Crippen LogP contribution is -2.48. The zero-order chi connectivity index (χ0) is 27.4. The Bertz CT molecular complexity index is 1540. The fraction of sp³-hybridized carbons (Fsp3) is 0.241. The molecule has 3 heterocycles. The Morgan fingerprint density at radius 3 is 2.56 bits per heavy atom. The summed E-state index contributed by atoms with van der Waals surface area (Å²) < 4.78 is 1.79. The first-order chi connectivity index (χ1) is 18.9. The number of hydrogen-bond donors (Lipinski definition) is 3. The molecule has 1 fully saturated rings. The number of hydrogen-bond acceptors (Lipinski definition) is 8. The molecule has 0 aliphatic carbocycles. The SMILES string of the molecule is C=CC(=O)Nc1cccc(-n2ccc(=O)c3cnc(Nc4ccc(N5CCN(C[C@@H](C)O)CC5)cc4)nc32)c1. The minimum Gasteiger partial charge on any atom is -0.392 e. The fourth-order valence-electron chi connectivity index (χ4n) is 4.68. The zero-order valence-corrected chi connectivity index (χ0v) is 21.7. The number of carbonyl (C=O) groups excluding carboxylic acids is 1. The molecule has 10 nitrogen and oxygen atoms in total. The van der Waals surface area contributed by atoms with Gasteiger partial charge in [-0.05, 0) is 55.5 Å². The lowest BCUT2D eigenvalue weighted by molar-refractivity contribution is -0.111. The summed E-state index contributed by atoms with van der Waals surface area (Å²) in [5, 5.41) is 16.0. The Hall–Kier alpha value is -4.54. The van der Waals surface area contributed by atoms with Crippen LogP contribution in [0.3, 0.4) is 0 Å². The van der Waals surface area contributed by atoms with E-state index >= 15 is 0 Å². The molecule has 0 saturated carbocycles. The molecule has 0 spiro atoms. The first-order valence-electron chi connectivity index (χ1n) is 12.8. The van der Waals surface area contributed by atoms with E-state index in [1.807, 2.05) is 31.2 Å². The van der Waals surface area contributed by atoms with Crippen LogP contribution in [0, 0.1) is 0 Å². The van der Waals surface area contributed by atoms with Gasteiger partial charge in [0.2, 0.25) is 11.9 Å². The maximum atomic E-state index is 12.5. The molecule has 10 heteroatoms. The van der Waals surface area contributed by atoms with Gasteiger partial charge in [-0.15, -0.1) is 0 Å². The van der Waals surface area contributed by atoms with Gasteiger partial charge in [0.15, 0.2) is 11.1 Å². The number of aliphatic hydroxyl groups excluding tert-OH is 1. The standard InChI is InChI=1S/C29H31N7O3/c1-3-27(39)31-22-5-4-6-24(17-22)36-12-11-26(38)25-18-30-29(33-28(25)36)32-21-7-9-23(10-8-21)35-15-13-34(14-16-35)19-20(2)37/h3-12,17-18,20,37H,1,13-16,19H2,2H3,(H,31,39)(H,30,32,33)/t20-/m1/s1. The molecule has 1 amide bonds. The summed E-state index contributed by atoms with van der Waals surface area (Å²) >= 11 is 0. The van der Waals surface area contributed by atoms with Gasteiger partial charge in [0.05, 0.1) is 11.5 Å². The summed E-state index contributed by atoms with van der Waals surface area (Å²) in [7, 11) is 0. The van der Waals surface area contributed by atoms with Crippen LogP contribution in [0.2, 0.25) is 0 Å². The van der Waals surface area contributed by atoms with Crippen molar-refractivity contribution in [3.05, 3.63) is 89.9 Å². The van der Waals surface area contributed by atoms with E-state index < -0.39 is 0 Å². The number of nitrogens with one attached hydrogen (secondary N) is 2. The van der Waals surface area contributed by atoms with E-state index in [0.717, 1.165) is 43.2 Å². The van der Waals surface area contributed by atoms with Crippen LogP contribution < -0.4 is 21.0 Å². The second-order valence-electron chi connectivity index (χ2n) is 9.53. The number of β-amino-alcohol motifs (C(OH)–C–C–N with tert-alkyl or cyclic N) is 1. The van der Waals surface area contributed by atoms with E-state index in [2.05, 4.69) is 49.1 Å². The molecule has 0 radical (unpaired) electrons.